The first-order valence-electron chi connectivity index (χ1n) is 6.38. The molecule has 1 saturated heterocycles. The zero-order chi connectivity index (χ0) is 14.9. The highest BCUT2D eigenvalue weighted by molar-refractivity contribution is 6.31. The molecule has 0 aliphatic carbocycles. The number of hydrogen-bond acceptors (Lipinski definition) is 4. The van der Waals surface area contributed by atoms with Crippen LogP contribution in [0.5, 0.6) is 0 Å². The Kier molecular flexibility index (Phi) is 4.25. The molecular formula is C13H16ClN3O3. The van der Waals surface area contributed by atoms with Crippen molar-refractivity contribution in [2.75, 3.05) is 13.1 Å². The highest BCUT2D eigenvalue weighted by atomic mass is 35.5. The Morgan fingerprint density at radius 1 is 1.50 bits per heavy atom. The third-order valence-corrected chi connectivity index (χ3v) is 3.65. The van der Waals surface area contributed by atoms with Crippen molar-refractivity contribution in [2.45, 2.75) is 25.9 Å². The summed E-state index contributed by atoms with van der Waals surface area (Å²) in [6.07, 6.45) is 0. The summed E-state index contributed by atoms with van der Waals surface area (Å²) in [6, 6.07) is 4.29. The van der Waals surface area contributed by atoms with E-state index in [1.165, 1.54) is 18.2 Å². The summed E-state index contributed by atoms with van der Waals surface area (Å²) in [5.41, 5.74) is -0.166. The van der Waals surface area contributed by atoms with Gasteiger partial charge in [0.1, 0.15) is 5.56 Å². The smallest absolute Gasteiger partial charge is 0.283 e. The highest BCUT2D eigenvalue weighted by Gasteiger charge is 2.31. The Bertz CT molecular complexity index is 550. The number of hydrogen-bond donors (Lipinski definition) is 1. The molecule has 1 N–H and O–H groups in total. The average Bonchev–Trinajstić information content (AvgIpc) is 2.40. The van der Waals surface area contributed by atoms with Gasteiger partial charge in [-0.1, -0.05) is 11.6 Å². The second kappa shape index (κ2) is 5.76. The molecule has 2 atom stereocenters. The minimum Gasteiger partial charge on any atom is -0.333 e. The number of carbonyl (C=O) groups is 1. The molecule has 0 spiro atoms. The Labute approximate surface area is 121 Å². The lowest BCUT2D eigenvalue weighted by atomic mass is 10.1. The first kappa shape index (κ1) is 14.7. The van der Waals surface area contributed by atoms with Crippen molar-refractivity contribution >= 4 is 23.2 Å². The van der Waals surface area contributed by atoms with E-state index in [4.69, 9.17) is 11.6 Å². The van der Waals surface area contributed by atoms with Gasteiger partial charge in [0.2, 0.25) is 0 Å². The van der Waals surface area contributed by atoms with Gasteiger partial charge in [0, 0.05) is 36.3 Å². The fraction of sp³-hybridized carbons (Fsp3) is 0.462. The Morgan fingerprint density at radius 3 is 2.85 bits per heavy atom. The van der Waals surface area contributed by atoms with Crippen molar-refractivity contribution in [3.63, 3.8) is 0 Å². The van der Waals surface area contributed by atoms with Gasteiger partial charge in [0.25, 0.3) is 11.6 Å². The van der Waals surface area contributed by atoms with Gasteiger partial charge in [0.15, 0.2) is 0 Å². The third kappa shape index (κ3) is 2.91. The first-order valence-corrected chi connectivity index (χ1v) is 6.76. The molecule has 1 aromatic rings. The first-order chi connectivity index (χ1) is 9.40. The molecule has 0 aromatic heterocycles. The number of nitro groups is 1. The minimum absolute atomic E-state index is 0.00557. The lowest BCUT2D eigenvalue weighted by Gasteiger charge is -2.37. The molecular weight excluding hydrogens is 282 g/mol. The van der Waals surface area contributed by atoms with Crippen LogP contribution in [0, 0.1) is 10.1 Å². The van der Waals surface area contributed by atoms with Crippen LogP contribution in [0.4, 0.5) is 5.69 Å². The SMILES string of the molecule is CC1CN(C(=O)c2ccc(Cl)cc2[N+](=O)[O-])C(C)CN1. The van der Waals surface area contributed by atoms with Crippen molar-refractivity contribution in [2.24, 2.45) is 0 Å². The number of carbonyl (C=O) groups excluding carboxylic acids is 1. The van der Waals surface area contributed by atoms with Crippen LogP contribution < -0.4 is 5.32 Å². The van der Waals surface area contributed by atoms with E-state index in [0.29, 0.717) is 13.1 Å². The minimum atomic E-state index is -0.574. The Morgan fingerprint density at radius 2 is 2.20 bits per heavy atom. The maximum absolute atomic E-state index is 12.5. The number of amides is 1. The summed E-state index contributed by atoms with van der Waals surface area (Å²) < 4.78 is 0. The molecule has 0 bridgehead atoms. The topological polar surface area (TPSA) is 75.5 Å². The fourth-order valence-corrected chi connectivity index (χ4v) is 2.46. The number of benzene rings is 1. The number of halogens is 1. The van der Waals surface area contributed by atoms with Crippen molar-refractivity contribution in [1.29, 1.82) is 0 Å². The second-order valence-electron chi connectivity index (χ2n) is 5.03. The molecule has 1 aromatic carbocycles. The molecule has 6 nitrogen and oxygen atoms in total. The molecule has 1 aliphatic rings. The zero-order valence-corrected chi connectivity index (χ0v) is 12.1. The molecule has 1 heterocycles. The van der Waals surface area contributed by atoms with E-state index in [-0.39, 0.29) is 34.3 Å². The number of piperazine rings is 1. The van der Waals surface area contributed by atoms with Gasteiger partial charge in [0.05, 0.1) is 4.92 Å². The van der Waals surface area contributed by atoms with E-state index < -0.39 is 4.92 Å². The largest absolute Gasteiger partial charge is 0.333 e. The molecule has 7 heteroatoms. The summed E-state index contributed by atoms with van der Waals surface area (Å²) >= 11 is 5.76. The molecule has 2 unspecified atom stereocenters. The lowest BCUT2D eigenvalue weighted by molar-refractivity contribution is -0.385. The van der Waals surface area contributed by atoms with E-state index in [0.717, 1.165) is 0 Å². The summed E-state index contributed by atoms with van der Waals surface area (Å²) in [5.74, 6) is -0.325. The maximum atomic E-state index is 12.5. The molecule has 1 fully saturated rings. The monoisotopic (exact) mass is 297 g/mol. The summed E-state index contributed by atoms with van der Waals surface area (Å²) in [7, 11) is 0. The van der Waals surface area contributed by atoms with Gasteiger partial charge in [-0.3, -0.25) is 14.9 Å². The van der Waals surface area contributed by atoms with E-state index in [2.05, 4.69) is 5.32 Å². The van der Waals surface area contributed by atoms with Crippen molar-refractivity contribution in [1.82, 2.24) is 10.2 Å². The molecule has 0 saturated carbocycles. The van der Waals surface area contributed by atoms with Gasteiger partial charge < -0.3 is 10.2 Å². The van der Waals surface area contributed by atoms with E-state index in [1.807, 2.05) is 13.8 Å². The number of nitrogens with one attached hydrogen (secondary N) is 1. The average molecular weight is 298 g/mol. The van der Waals surface area contributed by atoms with Gasteiger partial charge in [-0.15, -0.1) is 0 Å². The maximum Gasteiger partial charge on any atom is 0.283 e. The standard InChI is InChI=1S/C13H16ClN3O3/c1-8-7-16(9(2)6-15-8)13(18)11-4-3-10(14)5-12(11)17(19)20/h3-5,8-9,15H,6-7H2,1-2H3. The summed E-state index contributed by atoms with van der Waals surface area (Å²) in [5, 5.41) is 14.6. The van der Waals surface area contributed by atoms with Crippen LogP contribution in [-0.4, -0.2) is 40.9 Å². The van der Waals surface area contributed by atoms with Crippen LogP contribution in [-0.2, 0) is 0 Å². The van der Waals surface area contributed by atoms with Gasteiger partial charge in [-0.2, -0.15) is 0 Å². The van der Waals surface area contributed by atoms with Crippen LogP contribution in [0.25, 0.3) is 0 Å². The van der Waals surface area contributed by atoms with Crippen molar-refractivity contribution in [3.8, 4) is 0 Å². The third-order valence-electron chi connectivity index (χ3n) is 3.41. The number of nitrogens with zero attached hydrogens (tertiary/aromatic N) is 2. The molecule has 0 radical (unpaired) electrons. The number of nitro benzene ring substituents is 1. The summed E-state index contributed by atoms with van der Waals surface area (Å²) in [6.45, 7) is 5.09. The van der Waals surface area contributed by atoms with Crippen molar-refractivity contribution < 1.29 is 9.72 Å². The van der Waals surface area contributed by atoms with E-state index in [9.17, 15) is 14.9 Å². The van der Waals surface area contributed by atoms with Crippen LogP contribution >= 0.6 is 11.6 Å². The summed E-state index contributed by atoms with van der Waals surface area (Å²) in [4.78, 5) is 24.7. The van der Waals surface area contributed by atoms with E-state index >= 15 is 0 Å². The van der Waals surface area contributed by atoms with Gasteiger partial charge in [-0.25, -0.2) is 0 Å². The Balaban J connectivity index is 2.35. The van der Waals surface area contributed by atoms with Crippen LogP contribution in [0.3, 0.4) is 0 Å². The van der Waals surface area contributed by atoms with Gasteiger partial charge >= 0.3 is 0 Å². The second-order valence-corrected chi connectivity index (χ2v) is 5.47. The predicted molar refractivity (Wildman–Crippen MR) is 76.1 cm³/mol. The van der Waals surface area contributed by atoms with Crippen LogP contribution in [0.2, 0.25) is 5.02 Å². The Hall–Kier alpha value is -1.66. The molecule has 2 rings (SSSR count). The zero-order valence-electron chi connectivity index (χ0n) is 11.3. The van der Waals surface area contributed by atoms with Crippen LogP contribution in [0.15, 0.2) is 18.2 Å². The van der Waals surface area contributed by atoms with Crippen LogP contribution in [0.1, 0.15) is 24.2 Å². The predicted octanol–water partition coefficient (Wildman–Crippen LogP) is 2.07. The molecule has 108 valence electrons. The molecule has 1 aliphatic heterocycles. The van der Waals surface area contributed by atoms with Crippen molar-refractivity contribution in [3.05, 3.63) is 38.9 Å². The number of rotatable bonds is 2. The lowest BCUT2D eigenvalue weighted by Crippen LogP contribution is -2.56. The fourth-order valence-electron chi connectivity index (χ4n) is 2.30. The molecule has 1 amide bonds. The quantitative estimate of drug-likeness (QED) is 0.670. The molecule has 20 heavy (non-hydrogen) atoms. The van der Waals surface area contributed by atoms with Gasteiger partial charge in [-0.05, 0) is 26.0 Å². The van der Waals surface area contributed by atoms with E-state index in [1.54, 1.807) is 4.90 Å². The normalized spacial score (nSPS) is 22.6. The highest BCUT2D eigenvalue weighted by Crippen LogP contribution is 2.25.